The smallest absolute Gasteiger partial charge is 0.270 e. The minimum Gasteiger partial charge on any atom is -0.497 e. The van der Waals surface area contributed by atoms with E-state index in [9.17, 15) is 9.90 Å². The molecule has 1 aromatic heterocycles. The second kappa shape index (κ2) is 7.42. The van der Waals surface area contributed by atoms with Gasteiger partial charge in [-0.2, -0.15) is 0 Å². The van der Waals surface area contributed by atoms with Gasteiger partial charge in [-0.15, -0.1) is 0 Å². The molecule has 6 nitrogen and oxygen atoms in total. The van der Waals surface area contributed by atoms with E-state index in [0.717, 1.165) is 11.3 Å². The SMILES string of the molecule is COc1cccc(CN2C[C@@H](O)[C@H](NC(=O)c3ccccn3)C2)c1. The molecule has 0 bridgehead atoms. The zero-order valence-corrected chi connectivity index (χ0v) is 13.6. The van der Waals surface area contributed by atoms with Crippen LogP contribution in [0.15, 0.2) is 48.7 Å². The fraction of sp³-hybridized carbons (Fsp3) is 0.333. The first-order valence-corrected chi connectivity index (χ1v) is 7.91. The van der Waals surface area contributed by atoms with Crippen LogP contribution in [0.3, 0.4) is 0 Å². The van der Waals surface area contributed by atoms with Crippen LogP contribution in [0.5, 0.6) is 5.75 Å². The maximum Gasteiger partial charge on any atom is 0.270 e. The number of carbonyl (C=O) groups is 1. The van der Waals surface area contributed by atoms with Crippen LogP contribution in [0.1, 0.15) is 16.1 Å². The monoisotopic (exact) mass is 327 g/mol. The molecule has 2 N–H and O–H groups in total. The summed E-state index contributed by atoms with van der Waals surface area (Å²) in [5.74, 6) is 0.551. The normalized spacial score (nSPS) is 20.8. The summed E-state index contributed by atoms with van der Waals surface area (Å²) in [7, 11) is 1.64. The highest BCUT2D eigenvalue weighted by molar-refractivity contribution is 5.92. The summed E-state index contributed by atoms with van der Waals surface area (Å²) in [4.78, 5) is 18.3. The fourth-order valence-corrected chi connectivity index (χ4v) is 2.91. The van der Waals surface area contributed by atoms with Crippen molar-refractivity contribution >= 4 is 5.91 Å². The number of methoxy groups -OCH3 is 1. The van der Waals surface area contributed by atoms with E-state index in [1.807, 2.05) is 24.3 Å². The van der Waals surface area contributed by atoms with Gasteiger partial charge in [0.25, 0.3) is 5.91 Å². The number of pyridine rings is 1. The molecule has 0 radical (unpaired) electrons. The Kier molecular flexibility index (Phi) is 5.08. The van der Waals surface area contributed by atoms with Crippen molar-refractivity contribution in [2.24, 2.45) is 0 Å². The van der Waals surface area contributed by atoms with Crippen LogP contribution >= 0.6 is 0 Å². The summed E-state index contributed by atoms with van der Waals surface area (Å²) in [6.07, 6.45) is 0.984. The number of hydrogen-bond acceptors (Lipinski definition) is 5. The van der Waals surface area contributed by atoms with Crippen molar-refractivity contribution in [2.45, 2.75) is 18.7 Å². The van der Waals surface area contributed by atoms with Gasteiger partial charge >= 0.3 is 0 Å². The van der Waals surface area contributed by atoms with E-state index >= 15 is 0 Å². The largest absolute Gasteiger partial charge is 0.497 e. The summed E-state index contributed by atoms with van der Waals surface area (Å²) in [6.45, 7) is 1.81. The van der Waals surface area contributed by atoms with Gasteiger partial charge in [0.2, 0.25) is 0 Å². The molecule has 0 spiro atoms. The molecule has 2 atom stereocenters. The van der Waals surface area contributed by atoms with Gasteiger partial charge < -0.3 is 15.2 Å². The number of nitrogens with zero attached hydrogens (tertiary/aromatic N) is 2. The minimum atomic E-state index is -0.594. The predicted molar refractivity (Wildman–Crippen MR) is 89.8 cm³/mol. The fourth-order valence-electron chi connectivity index (χ4n) is 2.91. The van der Waals surface area contributed by atoms with Gasteiger partial charge in [-0.25, -0.2) is 0 Å². The predicted octanol–water partition coefficient (Wildman–Crippen LogP) is 1.07. The van der Waals surface area contributed by atoms with E-state index in [2.05, 4.69) is 15.2 Å². The zero-order valence-electron chi connectivity index (χ0n) is 13.6. The molecule has 2 heterocycles. The molecule has 1 amide bonds. The summed E-state index contributed by atoms with van der Waals surface area (Å²) in [6, 6.07) is 12.7. The van der Waals surface area contributed by atoms with Gasteiger partial charge in [0.05, 0.1) is 19.3 Å². The van der Waals surface area contributed by atoms with E-state index in [-0.39, 0.29) is 11.9 Å². The van der Waals surface area contributed by atoms with Crippen LogP contribution in [0.4, 0.5) is 0 Å². The summed E-state index contributed by atoms with van der Waals surface area (Å²) in [5.41, 5.74) is 1.47. The third-order valence-electron chi connectivity index (χ3n) is 4.12. The van der Waals surface area contributed by atoms with Crippen molar-refractivity contribution in [3.63, 3.8) is 0 Å². The van der Waals surface area contributed by atoms with Crippen molar-refractivity contribution in [1.29, 1.82) is 0 Å². The molecule has 0 unspecified atom stereocenters. The number of likely N-dealkylation sites (tertiary alicyclic amines) is 1. The van der Waals surface area contributed by atoms with Gasteiger partial charge in [0.15, 0.2) is 0 Å². The third-order valence-corrected chi connectivity index (χ3v) is 4.12. The summed E-state index contributed by atoms with van der Waals surface area (Å²) in [5, 5.41) is 13.1. The average Bonchev–Trinajstić information content (AvgIpc) is 2.95. The number of aliphatic hydroxyl groups is 1. The first kappa shape index (κ1) is 16.4. The molecule has 1 saturated heterocycles. The molecule has 126 valence electrons. The van der Waals surface area contributed by atoms with E-state index < -0.39 is 6.10 Å². The molecule has 1 fully saturated rings. The van der Waals surface area contributed by atoms with Crippen LogP contribution in [0.25, 0.3) is 0 Å². The van der Waals surface area contributed by atoms with Crippen molar-refractivity contribution in [2.75, 3.05) is 20.2 Å². The molecule has 2 aromatic rings. The first-order valence-electron chi connectivity index (χ1n) is 7.91. The standard InChI is InChI=1S/C18H21N3O3/c1-24-14-6-4-5-13(9-14)10-21-11-16(17(22)12-21)20-18(23)15-7-2-3-8-19-15/h2-9,16-17,22H,10-12H2,1H3,(H,20,23)/t16-,17-/m1/s1. The van der Waals surface area contributed by atoms with Crippen molar-refractivity contribution in [3.8, 4) is 5.75 Å². The molecule has 6 heteroatoms. The number of hydrogen-bond donors (Lipinski definition) is 2. The Labute approximate surface area is 141 Å². The Morgan fingerprint density at radius 1 is 1.33 bits per heavy atom. The van der Waals surface area contributed by atoms with Gasteiger partial charge in [-0.3, -0.25) is 14.7 Å². The van der Waals surface area contributed by atoms with Crippen LogP contribution in [-0.4, -0.2) is 53.2 Å². The highest BCUT2D eigenvalue weighted by Gasteiger charge is 2.32. The molecule has 1 aliphatic rings. The van der Waals surface area contributed by atoms with Crippen LogP contribution < -0.4 is 10.1 Å². The van der Waals surface area contributed by atoms with Crippen LogP contribution in [0.2, 0.25) is 0 Å². The molecular formula is C18H21N3O3. The van der Waals surface area contributed by atoms with E-state index in [0.29, 0.717) is 25.3 Å². The minimum absolute atomic E-state index is 0.261. The second-order valence-corrected chi connectivity index (χ2v) is 5.91. The number of aliphatic hydroxyl groups excluding tert-OH is 1. The third kappa shape index (κ3) is 3.90. The zero-order chi connectivity index (χ0) is 16.9. The second-order valence-electron chi connectivity index (χ2n) is 5.91. The Morgan fingerprint density at radius 2 is 2.21 bits per heavy atom. The molecule has 24 heavy (non-hydrogen) atoms. The number of ether oxygens (including phenoxy) is 1. The number of nitrogens with one attached hydrogen (secondary N) is 1. The Morgan fingerprint density at radius 3 is 2.96 bits per heavy atom. The Bertz CT molecular complexity index is 693. The van der Waals surface area contributed by atoms with Gasteiger partial charge in [0.1, 0.15) is 11.4 Å². The van der Waals surface area contributed by atoms with E-state index in [4.69, 9.17) is 4.74 Å². The number of benzene rings is 1. The number of amides is 1. The lowest BCUT2D eigenvalue weighted by molar-refractivity contribution is 0.0883. The van der Waals surface area contributed by atoms with Gasteiger partial charge in [-0.05, 0) is 29.8 Å². The molecule has 0 aliphatic carbocycles. The van der Waals surface area contributed by atoms with Crippen molar-refractivity contribution < 1.29 is 14.6 Å². The highest BCUT2D eigenvalue weighted by Crippen LogP contribution is 2.18. The maximum atomic E-state index is 12.2. The Balaban J connectivity index is 1.59. The molecule has 1 aliphatic heterocycles. The van der Waals surface area contributed by atoms with Crippen molar-refractivity contribution in [1.82, 2.24) is 15.2 Å². The van der Waals surface area contributed by atoms with E-state index in [1.54, 1.807) is 31.5 Å². The maximum absolute atomic E-state index is 12.2. The molecule has 1 aromatic carbocycles. The lowest BCUT2D eigenvalue weighted by Crippen LogP contribution is -2.43. The van der Waals surface area contributed by atoms with E-state index in [1.165, 1.54) is 0 Å². The molecule has 0 saturated carbocycles. The van der Waals surface area contributed by atoms with Gasteiger partial charge in [-0.1, -0.05) is 18.2 Å². The van der Waals surface area contributed by atoms with Crippen LogP contribution in [-0.2, 0) is 6.54 Å². The van der Waals surface area contributed by atoms with Crippen LogP contribution in [0, 0.1) is 0 Å². The quantitative estimate of drug-likeness (QED) is 0.859. The number of rotatable bonds is 5. The Hall–Kier alpha value is -2.44. The number of β-amino-alcohol motifs (C(OH)–C–C–N with tert-alkyl or cyclic N) is 1. The number of aromatic nitrogens is 1. The summed E-state index contributed by atoms with van der Waals surface area (Å²) < 4.78 is 5.23. The topological polar surface area (TPSA) is 74.7 Å². The first-order chi connectivity index (χ1) is 11.7. The summed E-state index contributed by atoms with van der Waals surface area (Å²) >= 11 is 0. The highest BCUT2D eigenvalue weighted by atomic mass is 16.5. The van der Waals surface area contributed by atoms with Gasteiger partial charge in [0, 0.05) is 25.8 Å². The number of carbonyl (C=O) groups excluding carboxylic acids is 1. The molecule has 3 rings (SSSR count). The average molecular weight is 327 g/mol. The lowest BCUT2D eigenvalue weighted by atomic mass is 10.2. The van der Waals surface area contributed by atoms with Crippen molar-refractivity contribution in [3.05, 3.63) is 59.9 Å². The lowest BCUT2D eigenvalue weighted by Gasteiger charge is -2.17. The molecular weight excluding hydrogens is 306 g/mol.